The Bertz CT molecular complexity index is 296. The van der Waals surface area contributed by atoms with E-state index in [9.17, 15) is 0 Å². The predicted octanol–water partition coefficient (Wildman–Crippen LogP) is 2.94. The summed E-state index contributed by atoms with van der Waals surface area (Å²) in [6, 6.07) is 8.40. The molecule has 0 N–H and O–H groups in total. The second-order valence-corrected chi connectivity index (χ2v) is 3.39. The van der Waals surface area contributed by atoms with Crippen molar-refractivity contribution >= 4 is 0 Å². The molecule has 0 amide bonds. The first-order valence-electron chi connectivity index (χ1n) is 4.47. The fraction of sp³-hybridized carbons (Fsp3) is 0.333. The minimum absolute atomic E-state index is 0.817. The lowest BCUT2D eigenvalue weighted by molar-refractivity contribution is 0.420. The van der Waals surface area contributed by atoms with Crippen molar-refractivity contribution in [3.05, 3.63) is 35.4 Å². The third-order valence-electron chi connectivity index (χ3n) is 2.65. The van der Waals surface area contributed by atoms with Gasteiger partial charge in [0.15, 0.2) is 0 Å². The second-order valence-electron chi connectivity index (χ2n) is 3.39. The molecule has 1 aromatic carbocycles. The van der Waals surface area contributed by atoms with Gasteiger partial charge in [-0.25, -0.2) is 0 Å². The van der Waals surface area contributed by atoms with Gasteiger partial charge in [0.05, 0.1) is 0 Å². The van der Waals surface area contributed by atoms with Crippen LogP contribution in [0.15, 0.2) is 24.3 Å². The van der Waals surface area contributed by atoms with Crippen LogP contribution >= 0.6 is 0 Å². The number of benzene rings is 1. The van der Waals surface area contributed by atoms with Crippen LogP contribution in [0, 0.1) is 12.3 Å². The fourth-order valence-corrected chi connectivity index (χ4v) is 1.59. The van der Waals surface area contributed by atoms with Gasteiger partial charge in [0.2, 0.25) is 0 Å². The monoisotopic (exact) mass is 156 g/mol. The van der Waals surface area contributed by atoms with Crippen LogP contribution in [0.5, 0.6) is 0 Å². The van der Waals surface area contributed by atoms with Crippen molar-refractivity contribution in [1.82, 2.24) is 0 Å². The predicted molar refractivity (Wildman–Crippen MR) is 51.0 cm³/mol. The summed E-state index contributed by atoms with van der Waals surface area (Å²) in [6.45, 7) is 0. The molecule has 0 atom stereocenters. The van der Waals surface area contributed by atoms with Gasteiger partial charge >= 0.3 is 0 Å². The largest absolute Gasteiger partial charge is 0.115 e. The topological polar surface area (TPSA) is 0 Å². The maximum absolute atomic E-state index is 5.27. The van der Waals surface area contributed by atoms with Gasteiger partial charge in [-0.3, -0.25) is 0 Å². The highest BCUT2D eigenvalue weighted by Crippen LogP contribution is 2.36. The van der Waals surface area contributed by atoms with E-state index >= 15 is 0 Å². The molecule has 0 bridgehead atoms. The van der Waals surface area contributed by atoms with Crippen LogP contribution in [0.3, 0.4) is 0 Å². The Hall–Kier alpha value is -1.22. The molecule has 0 spiro atoms. The Labute approximate surface area is 73.6 Å². The van der Waals surface area contributed by atoms with Crippen LogP contribution in [0.25, 0.3) is 0 Å². The second kappa shape index (κ2) is 3.03. The first-order valence-corrected chi connectivity index (χ1v) is 4.47. The molecule has 0 radical (unpaired) electrons. The van der Waals surface area contributed by atoms with Gasteiger partial charge in [-0.05, 0) is 36.5 Å². The first-order chi connectivity index (χ1) is 5.90. The minimum atomic E-state index is 0.817. The van der Waals surface area contributed by atoms with Gasteiger partial charge in [0.1, 0.15) is 0 Å². The standard InChI is InChI=1S/C12H12/c1-2-10-6-8-12(9-7-10)11-4-3-5-11/h1,6-9,11H,3-5H2. The zero-order chi connectivity index (χ0) is 8.39. The van der Waals surface area contributed by atoms with Gasteiger partial charge in [0.25, 0.3) is 0 Å². The third kappa shape index (κ3) is 1.23. The maximum atomic E-state index is 5.27. The lowest BCUT2D eigenvalue weighted by Gasteiger charge is -2.25. The van der Waals surface area contributed by atoms with E-state index in [1.807, 2.05) is 12.1 Å². The van der Waals surface area contributed by atoms with Crippen LogP contribution in [0.4, 0.5) is 0 Å². The van der Waals surface area contributed by atoms with Crippen LogP contribution < -0.4 is 0 Å². The van der Waals surface area contributed by atoms with Crippen LogP contribution in [-0.4, -0.2) is 0 Å². The lowest BCUT2D eigenvalue weighted by atomic mass is 9.80. The molecule has 0 saturated heterocycles. The van der Waals surface area contributed by atoms with Gasteiger partial charge in [-0.15, -0.1) is 6.42 Å². The van der Waals surface area contributed by atoms with E-state index in [0.29, 0.717) is 0 Å². The fourth-order valence-electron chi connectivity index (χ4n) is 1.59. The Balaban J connectivity index is 2.19. The summed E-state index contributed by atoms with van der Waals surface area (Å²) in [6.07, 6.45) is 9.38. The summed E-state index contributed by atoms with van der Waals surface area (Å²) >= 11 is 0. The summed E-state index contributed by atoms with van der Waals surface area (Å²) in [7, 11) is 0. The summed E-state index contributed by atoms with van der Waals surface area (Å²) < 4.78 is 0. The molecule has 2 rings (SSSR count). The molecule has 1 aliphatic rings. The van der Waals surface area contributed by atoms with Crippen molar-refractivity contribution in [2.24, 2.45) is 0 Å². The van der Waals surface area contributed by atoms with Gasteiger partial charge in [-0.2, -0.15) is 0 Å². The highest BCUT2D eigenvalue weighted by Gasteiger charge is 2.18. The summed E-state index contributed by atoms with van der Waals surface area (Å²) in [5.41, 5.74) is 2.44. The van der Waals surface area contributed by atoms with Crippen molar-refractivity contribution in [3.8, 4) is 12.3 Å². The highest BCUT2D eigenvalue weighted by atomic mass is 14.2. The Morgan fingerprint density at radius 3 is 2.25 bits per heavy atom. The molecule has 0 heteroatoms. The van der Waals surface area contributed by atoms with Gasteiger partial charge < -0.3 is 0 Å². The molecule has 12 heavy (non-hydrogen) atoms. The summed E-state index contributed by atoms with van der Waals surface area (Å²) in [5, 5.41) is 0. The number of terminal acetylenes is 1. The number of rotatable bonds is 1. The number of hydrogen-bond donors (Lipinski definition) is 0. The maximum Gasteiger partial charge on any atom is 0.0242 e. The van der Waals surface area contributed by atoms with E-state index in [1.54, 1.807) is 0 Å². The molecule has 1 aromatic rings. The molecule has 60 valence electrons. The number of hydrogen-bond acceptors (Lipinski definition) is 0. The summed E-state index contributed by atoms with van der Waals surface area (Å²) in [5.74, 6) is 3.45. The van der Waals surface area contributed by atoms with E-state index in [2.05, 4.69) is 18.1 Å². The molecular weight excluding hydrogens is 144 g/mol. The molecule has 0 unspecified atom stereocenters. The van der Waals surface area contributed by atoms with Gasteiger partial charge in [-0.1, -0.05) is 24.5 Å². The average molecular weight is 156 g/mol. The molecule has 1 aliphatic carbocycles. The van der Waals surface area contributed by atoms with E-state index in [1.165, 1.54) is 24.8 Å². The van der Waals surface area contributed by atoms with Crippen molar-refractivity contribution in [2.75, 3.05) is 0 Å². The lowest BCUT2D eigenvalue weighted by Crippen LogP contribution is -2.08. The highest BCUT2D eigenvalue weighted by molar-refractivity contribution is 5.35. The van der Waals surface area contributed by atoms with Crippen LogP contribution in [0.1, 0.15) is 36.3 Å². The normalized spacial score (nSPS) is 16.6. The van der Waals surface area contributed by atoms with Crippen molar-refractivity contribution < 1.29 is 0 Å². The van der Waals surface area contributed by atoms with Crippen molar-refractivity contribution in [3.63, 3.8) is 0 Å². The van der Waals surface area contributed by atoms with Gasteiger partial charge in [0, 0.05) is 5.56 Å². The molecule has 0 nitrogen and oxygen atoms in total. The quantitative estimate of drug-likeness (QED) is 0.548. The molecule has 1 saturated carbocycles. The minimum Gasteiger partial charge on any atom is -0.115 e. The van der Waals surface area contributed by atoms with E-state index in [4.69, 9.17) is 6.42 Å². The molecule has 0 aromatic heterocycles. The zero-order valence-electron chi connectivity index (χ0n) is 7.09. The SMILES string of the molecule is C#Cc1ccc(C2CCC2)cc1. The first kappa shape index (κ1) is 7.43. The average Bonchev–Trinajstić information content (AvgIpc) is 2.03. The molecule has 0 aliphatic heterocycles. The van der Waals surface area contributed by atoms with Crippen LogP contribution in [0.2, 0.25) is 0 Å². The van der Waals surface area contributed by atoms with Crippen molar-refractivity contribution in [2.45, 2.75) is 25.2 Å². The Morgan fingerprint density at radius 2 is 1.83 bits per heavy atom. The van der Waals surface area contributed by atoms with E-state index in [-0.39, 0.29) is 0 Å². The molecule has 0 heterocycles. The van der Waals surface area contributed by atoms with E-state index < -0.39 is 0 Å². The molecule has 1 fully saturated rings. The smallest absolute Gasteiger partial charge is 0.0242 e. The summed E-state index contributed by atoms with van der Waals surface area (Å²) in [4.78, 5) is 0. The van der Waals surface area contributed by atoms with E-state index in [0.717, 1.165) is 11.5 Å². The van der Waals surface area contributed by atoms with Crippen LogP contribution in [-0.2, 0) is 0 Å². The van der Waals surface area contributed by atoms with Crippen molar-refractivity contribution in [1.29, 1.82) is 0 Å². The zero-order valence-corrected chi connectivity index (χ0v) is 7.09. The molecular formula is C12H12. The third-order valence-corrected chi connectivity index (χ3v) is 2.65. The Kier molecular flexibility index (Phi) is 1.87. The Morgan fingerprint density at radius 1 is 1.17 bits per heavy atom.